The van der Waals surface area contributed by atoms with E-state index in [-0.39, 0.29) is 24.4 Å². The molecule has 0 aliphatic rings. The molecular formula is C17H29ClN4O2. The average molecular weight is 357 g/mol. The standard InChI is InChI=1S/C17H28N4O2.ClH/c1-4-5-9-14(12-18)19-15(22)17(2,3)21-16(23)20-13-10-7-6-8-11-13;/h6-8,10-11,14H,4-5,9,12,18H2,1-3H3,(H,19,22)(H2,20,21,23);1H. The highest BCUT2D eigenvalue weighted by molar-refractivity contribution is 5.95. The zero-order chi connectivity index (χ0) is 17.3. The monoisotopic (exact) mass is 356 g/mol. The van der Waals surface area contributed by atoms with Crippen LogP contribution in [0.5, 0.6) is 0 Å². The number of urea groups is 1. The second-order valence-corrected chi connectivity index (χ2v) is 6.12. The summed E-state index contributed by atoms with van der Waals surface area (Å²) >= 11 is 0. The molecule has 24 heavy (non-hydrogen) atoms. The number of hydrogen-bond acceptors (Lipinski definition) is 3. The van der Waals surface area contributed by atoms with Gasteiger partial charge in [-0.05, 0) is 32.4 Å². The van der Waals surface area contributed by atoms with Crippen molar-refractivity contribution in [3.05, 3.63) is 30.3 Å². The molecule has 1 atom stereocenters. The summed E-state index contributed by atoms with van der Waals surface area (Å²) < 4.78 is 0. The fourth-order valence-electron chi connectivity index (χ4n) is 2.09. The van der Waals surface area contributed by atoms with Gasteiger partial charge in [0.1, 0.15) is 5.54 Å². The zero-order valence-corrected chi connectivity index (χ0v) is 15.4. The minimum Gasteiger partial charge on any atom is -0.350 e. The van der Waals surface area contributed by atoms with Crippen molar-refractivity contribution in [2.75, 3.05) is 11.9 Å². The van der Waals surface area contributed by atoms with Gasteiger partial charge in [0.2, 0.25) is 5.91 Å². The number of nitrogens with two attached hydrogens (primary N) is 1. The van der Waals surface area contributed by atoms with E-state index < -0.39 is 11.6 Å². The van der Waals surface area contributed by atoms with Gasteiger partial charge >= 0.3 is 6.03 Å². The Kier molecular flexibility index (Phi) is 10.1. The van der Waals surface area contributed by atoms with Crippen LogP contribution in [0, 0.1) is 0 Å². The van der Waals surface area contributed by atoms with Gasteiger partial charge in [0.25, 0.3) is 0 Å². The van der Waals surface area contributed by atoms with Gasteiger partial charge in [-0.1, -0.05) is 38.0 Å². The van der Waals surface area contributed by atoms with Crippen molar-refractivity contribution in [1.82, 2.24) is 10.6 Å². The first kappa shape index (κ1) is 22.2. The van der Waals surface area contributed by atoms with Crippen molar-refractivity contribution in [3.8, 4) is 0 Å². The maximum Gasteiger partial charge on any atom is 0.320 e. The molecule has 7 heteroatoms. The summed E-state index contributed by atoms with van der Waals surface area (Å²) in [5, 5.41) is 8.29. The predicted molar refractivity (Wildman–Crippen MR) is 100 cm³/mol. The molecule has 0 saturated heterocycles. The summed E-state index contributed by atoms with van der Waals surface area (Å²) in [6, 6.07) is 8.59. The SMILES string of the molecule is CCCCC(CN)NC(=O)C(C)(C)NC(=O)Nc1ccccc1.Cl. The van der Waals surface area contributed by atoms with Gasteiger partial charge in [0.15, 0.2) is 0 Å². The van der Waals surface area contributed by atoms with Gasteiger partial charge in [0.05, 0.1) is 0 Å². The minimum absolute atomic E-state index is 0. The van der Waals surface area contributed by atoms with E-state index in [2.05, 4.69) is 22.9 Å². The quantitative estimate of drug-likeness (QED) is 0.576. The molecule has 5 N–H and O–H groups in total. The lowest BCUT2D eigenvalue weighted by molar-refractivity contribution is -0.126. The maximum atomic E-state index is 12.4. The van der Waals surface area contributed by atoms with Crippen LogP contribution in [0.15, 0.2) is 30.3 Å². The van der Waals surface area contributed by atoms with E-state index in [1.807, 2.05) is 18.2 Å². The number of benzene rings is 1. The molecule has 3 amide bonds. The molecule has 1 aromatic carbocycles. The number of anilines is 1. The summed E-state index contributed by atoms with van der Waals surface area (Å²) in [6.07, 6.45) is 2.89. The molecule has 136 valence electrons. The van der Waals surface area contributed by atoms with E-state index in [0.717, 1.165) is 19.3 Å². The van der Waals surface area contributed by atoms with Gasteiger partial charge in [-0.25, -0.2) is 4.79 Å². The smallest absolute Gasteiger partial charge is 0.320 e. The Morgan fingerprint density at radius 1 is 1.21 bits per heavy atom. The fraction of sp³-hybridized carbons (Fsp3) is 0.529. The predicted octanol–water partition coefficient (Wildman–Crippen LogP) is 2.64. The number of rotatable bonds is 8. The number of para-hydroxylation sites is 1. The first-order valence-electron chi connectivity index (χ1n) is 8.04. The Hall–Kier alpha value is -1.79. The lowest BCUT2D eigenvalue weighted by Crippen LogP contribution is -2.58. The molecule has 1 unspecified atom stereocenters. The average Bonchev–Trinajstić information content (AvgIpc) is 2.51. The lowest BCUT2D eigenvalue weighted by atomic mass is 10.0. The van der Waals surface area contributed by atoms with Crippen molar-refractivity contribution in [2.24, 2.45) is 5.73 Å². The topological polar surface area (TPSA) is 96.2 Å². The van der Waals surface area contributed by atoms with Gasteiger partial charge in [-0.15, -0.1) is 12.4 Å². The summed E-state index contributed by atoms with van der Waals surface area (Å²) in [5.41, 5.74) is 5.34. The van der Waals surface area contributed by atoms with Crippen LogP contribution in [-0.4, -0.2) is 30.1 Å². The Balaban J connectivity index is 0.00000529. The van der Waals surface area contributed by atoms with E-state index in [9.17, 15) is 9.59 Å². The van der Waals surface area contributed by atoms with Crippen molar-refractivity contribution < 1.29 is 9.59 Å². The van der Waals surface area contributed by atoms with Crippen molar-refractivity contribution in [1.29, 1.82) is 0 Å². The maximum absolute atomic E-state index is 12.4. The molecule has 0 aliphatic heterocycles. The molecule has 0 heterocycles. The number of hydrogen-bond donors (Lipinski definition) is 4. The van der Waals surface area contributed by atoms with E-state index in [4.69, 9.17) is 5.73 Å². The van der Waals surface area contributed by atoms with Gasteiger partial charge in [0, 0.05) is 18.3 Å². The van der Waals surface area contributed by atoms with Gasteiger partial charge in [-0.2, -0.15) is 0 Å². The summed E-state index contributed by atoms with van der Waals surface area (Å²) in [4.78, 5) is 24.4. The van der Waals surface area contributed by atoms with Crippen LogP contribution in [0.1, 0.15) is 40.0 Å². The van der Waals surface area contributed by atoms with Crippen LogP contribution in [0.3, 0.4) is 0 Å². The Morgan fingerprint density at radius 3 is 2.38 bits per heavy atom. The fourth-order valence-corrected chi connectivity index (χ4v) is 2.09. The Bertz CT molecular complexity index is 509. The van der Waals surface area contributed by atoms with Crippen LogP contribution < -0.4 is 21.7 Å². The van der Waals surface area contributed by atoms with Crippen LogP contribution in [-0.2, 0) is 4.79 Å². The highest BCUT2D eigenvalue weighted by Gasteiger charge is 2.30. The third-order valence-electron chi connectivity index (χ3n) is 3.55. The number of nitrogens with one attached hydrogen (secondary N) is 3. The number of amides is 3. The third-order valence-corrected chi connectivity index (χ3v) is 3.55. The van der Waals surface area contributed by atoms with Crippen LogP contribution in [0.25, 0.3) is 0 Å². The molecular weight excluding hydrogens is 328 g/mol. The Morgan fingerprint density at radius 2 is 1.83 bits per heavy atom. The molecule has 0 spiro atoms. The van der Waals surface area contributed by atoms with Crippen LogP contribution in [0.4, 0.5) is 10.5 Å². The Labute approximate surface area is 150 Å². The number of carbonyl (C=O) groups excluding carboxylic acids is 2. The van der Waals surface area contributed by atoms with E-state index in [0.29, 0.717) is 12.2 Å². The van der Waals surface area contributed by atoms with Gasteiger partial charge < -0.3 is 21.7 Å². The van der Waals surface area contributed by atoms with Crippen molar-refractivity contribution >= 4 is 30.0 Å². The normalized spacial score (nSPS) is 11.8. The first-order chi connectivity index (χ1) is 10.9. The molecule has 1 aromatic rings. The molecule has 0 radical (unpaired) electrons. The second kappa shape index (κ2) is 10.9. The lowest BCUT2D eigenvalue weighted by Gasteiger charge is -2.28. The highest BCUT2D eigenvalue weighted by atomic mass is 35.5. The molecule has 0 aliphatic carbocycles. The molecule has 0 fully saturated rings. The molecule has 6 nitrogen and oxygen atoms in total. The minimum atomic E-state index is -1.03. The molecule has 1 rings (SSSR count). The summed E-state index contributed by atoms with van der Waals surface area (Å²) in [5.74, 6) is -0.243. The number of unbranched alkanes of at least 4 members (excludes halogenated alkanes) is 1. The third kappa shape index (κ3) is 7.66. The van der Waals surface area contributed by atoms with Crippen LogP contribution in [0.2, 0.25) is 0 Å². The van der Waals surface area contributed by atoms with Crippen molar-refractivity contribution in [3.63, 3.8) is 0 Å². The van der Waals surface area contributed by atoms with Crippen molar-refractivity contribution in [2.45, 2.75) is 51.6 Å². The zero-order valence-electron chi connectivity index (χ0n) is 14.6. The van der Waals surface area contributed by atoms with E-state index in [1.54, 1.807) is 26.0 Å². The number of halogens is 1. The largest absolute Gasteiger partial charge is 0.350 e. The molecule has 0 saturated carbocycles. The van der Waals surface area contributed by atoms with Gasteiger partial charge in [-0.3, -0.25) is 4.79 Å². The van der Waals surface area contributed by atoms with Crippen LogP contribution >= 0.6 is 12.4 Å². The van der Waals surface area contributed by atoms with E-state index >= 15 is 0 Å². The summed E-state index contributed by atoms with van der Waals surface area (Å²) in [7, 11) is 0. The van der Waals surface area contributed by atoms with E-state index in [1.165, 1.54) is 0 Å². The number of carbonyl (C=O) groups is 2. The highest BCUT2D eigenvalue weighted by Crippen LogP contribution is 2.08. The first-order valence-corrected chi connectivity index (χ1v) is 8.04. The molecule has 0 aromatic heterocycles. The second-order valence-electron chi connectivity index (χ2n) is 6.12. The summed E-state index contributed by atoms with van der Waals surface area (Å²) in [6.45, 7) is 5.81. The molecule has 0 bridgehead atoms.